The number of fused-ring (bicyclic) bond motifs is 1. The fourth-order valence-corrected chi connectivity index (χ4v) is 3.91. The molecular formula is C21H24N4O2. The average molecular weight is 364 g/mol. The van der Waals surface area contributed by atoms with Crippen LogP contribution >= 0.6 is 0 Å². The number of hydrogen-bond donors (Lipinski definition) is 1. The molecule has 0 spiro atoms. The summed E-state index contributed by atoms with van der Waals surface area (Å²) in [7, 11) is 0. The molecule has 27 heavy (non-hydrogen) atoms. The smallest absolute Gasteiger partial charge is 0.225 e. The maximum Gasteiger partial charge on any atom is 0.225 e. The fourth-order valence-electron chi connectivity index (χ4n) is 3.91. The van der Waals surface area contributed by atoms with Crippen LogP contribution in [0.3, 0.4) is 0 Å². The SMILES string of the molecule is O=C(NCCN1CCc2ccccc21)C1CC(=O)N(Cc2cccnc2)C1. The number of likely N-dealkylation sites (tertiary alicyclic amines) is 1. The standard InChI is InChI=1S/C21H24N4O2/c26-20-12-18(15-25(20)14-16-4-3-8-22-13-16)21(27)23-9-11-24-10-7-17-5-1-2-6-19(17)24/h1-6,8,13,18H,7,9-12,14-15H2,(H,23,27). The largest absolute Gasteiger partial charge is 0.369 e. The van der Waals surface area contributed by atoms with Crippen molar-refractivity contribution in [2.75, 3.05) is 31.1 Å². The summed E-state index contributed by atoms with van der Waals surface area (Å²) >= 11 is 0. The lowest BCUT2D eigenvalue weighted by atomic mass is 10.1. The van der Waals surface area contributed by atoms with Crippen LogP contribution in [-0.4, -0.2) is 47.9 Å². The lowest BCUT2D eigenvalue weighted by Crippen LogP contribution is -2.38. The van der Waals surface area contributed by atoms with Crippen LogP contribution in [0.4, 0.5) is 5.69 Å². The van der Waals surface area contributed by atoms with E-state index in [0.717, 1.165) is 25.1 Å². The Kier molecular flexibility index (Phi) is 5.05. The molecule has 0 aliphatic carbocycles. The molecule has 1 saturated heterocycles. The first-order valence-electron chi connectivity index (χ1n) is 9.48. The molecule has 1 aromatic carbocycles. The third-order valence-electron chi connectivity index (χ3n) is 5.35. The van der Waals surface area contributed by atoms with Gasteiger partial charge in [-0.3, -0.25) is 14.6 Å². The van der Waals surface area contributed by atoms with Gasteiger partial charge in [0.1, 0.15) is 0 Å². The Morgan fingerprint density at radius 3 is 2.93 bits per heavy atom. The van der Waals surface area contributed by atoms with Crippen LogP contribution in [-0.2, 0) is 22.6 Å². The van der Waals surface area contributed by atoms with Gasteiger partial charge in [0.05, 0.1) is 5.92 Å². The quantitative estimate of drug-likeness (QED) is 0.846. The van der Waals surface area contributed by atoms with Crippen LogP contribution < -0.4 is 10.2 Å². The highest BCUT2D eigenvalue weighted by Gasteiger charge is 2.34. The van der Waals surface area contributed by atoms with Gasteiger partial charge in [0.15, 0.2) is 0 Å². The summed E-state index contributed by atoms with van der Waals surface area (Å²) in [5, 5.41) is 3.02. The van der Waals surface area contributed by atoms with Crippen molar-refractivity contribution >= 4 is 17.5 Å². The second kappa shape index (κ2) is 7.78. The summed E-state index contributed by atoms with van der Waals surface area (Å²) in [6.45, 7) is 3.38. The van der Waals surface area contributed by atoms with E-state index in [1.165, 1.54) is 11.3 Å². The summed E-state index contributed by atoms with van der Waals surface area (Å²) < 4.78 is 0. The Bertz CT molecular complexity index is 824. The van der Waals surface area contributed by atoms with Crippen LogP contribution in [0, 0.1) is 5.92 Å². The molecule has 2 aliphatic heterocycles. The Hall–Kier alpha value is -2.89. The Morgan fingerprint density at radius 2 is 2.07 bits per heavy atom. The first kappa shape index (κ1) is 17.5. The van der Waals surface area contributed by atoms with Gasteiger partial charge in [0.2, 0.25) is 11.8 Å². The van der Waals surface area contributed by atoms with E-state index in [4.69, 9.17) is 0 Å². The minimum atomic E-state index is -0.264. The van der Waals surface area contributed by atoms with Gasteiger partial charge in [0, 0.05) is 57.2 Å². The number of aromatic nitrogens is 1. The number of para-hydroxylation sites is 1. The summed E-state index contributed by atoms with van der Waals surface area (Å²) in [6.07, 6.45) is 4.82. The molecule has 1 atom stereocenters. The van der Waals surface area contributed by atoms with E-state index >= 15 is 0 Å². The second-order valence-electron chi connectivity index (χ2n) is 7.19. The number of rotatable bonds is 6. The zero-order valence-corrected chi connectivity index (χ0v) is 15.3. The number of benzene rings is 1. The molecule has 1 aromatic heterocycles. The van der Waals surface area contributed by atoms with Crippen molar-refractivity contribution in [1.82, 2.24) is 15.2 Å². The maximum atomic E-state index is 12.5. The predicted molar refractivity (Wildman–Crippen MR) is 103 cm³/mol. The molecule has 2 aromatic rings. The summed E-state index contributed by atoms with van der Waals surface area (Å²) in [6, 6.07) is 12.2. The van der Waals surface area contributed by atoms with Gasteiger partial charge >= 0.3 is 0 Å². The van der Waals surface area contributed by atoms with Crippen molar-refractivity contribution in [3.8, 4) is 0 Å². The van der Waals surface area contributed by atoms with Gasteiger partial charge in [-0.05, 0) is 29.7 Å². The van der Waals surface area contributed by atoms with Crippen LogP contribution in [0.5, 0.6) is 0 Å². The summed E-state index contributed by atoms with van der Waals surface area (Å²) in [5.74, 6) is -0.253. The number of amides is 2. The van der Waals surface area contributed by atoms with E-state index in [0.29, 0.717) is 26.1 Å². The number of nitrogens with zero attached hydrogens (tertiary/aromatic N) is 3. The third kappa shape index (κ3) is 3.94. The van der Waals surface area contributed by atoms with Crippen LogP contribution in [0.2, 0.25) is 0 Å². The number of anilines is 1. The van der Waals surface area contributed by atoms with Gasteiger partial charge in [-0.2, -0.15) is 0 Å². The molecule has 6 nitrogen and oxygen atoms in total. The third-order valence-corrected chi connectivity index (χ3v) is 5.35. The normalized spacial score (nSPS) is 18.7. The molecule has 0 saturated carbocycles. The Morgan fingerprint density at radius 1 is 1.19 bits per heavy atom. The van der Waals surface area contributed by atoms with Gasteiger partial charge in [-0.25, -0.2) is 0 Å². The minimum absolute atomic E-state index is 0.0236. The molecule has 1 N–H and O–H groups in total. The van der Waals surface area contributed by atoms with E-state index in [1.807, 2.05) is 12.1 Å². The van der Waals surface area contributed by atoms with Crippen LogP contribution in [0.15, 0.2) is 48.8 Å². The number of pyridine rings is 1. The van der Waals surface area contributed by atoms with Crippen LogP contribution in [0.25, 0.3) is 0 Å². The molecule has 0 radical (unpaired) electrons. The van der Waals surface area contributed by atoms with Gasteiger partial charge in [-0.1, -0.05) is 24.3 Å². The number of nitrogens with one attached hydrogen (secondary N) is 1. The molecule has 140 valence electrons. The zero-order valence-electron chi connectivity index (χ0n) is 15.3. The van der Waals surface area contributed by atoms with E-state index < -0.39 is 0 Å². The predicted octanol–water partition coefficient (Wildman–Crippen LogP) is 1.61. The number of carbonyl (C=O) groups is 2. The van der Waals surface area contributed by atoms with Crippen molar-refractivity contribution in [2.45, 2.75) is 19.4 Å². The first-order chi connectivity index (χ1) is 13.2. The minimum Gasteiger partial charge on any atom is -0.369 e. The first-order valence-corrected chi connectivity index (χ1v) is 9.48. The van der Waals surface area contributed by atoms with Gasteiger partial charge in [-0.15, -0.1) is 0 Å². The zero-order chi connectivity index (χ0) is 18.6. The van der Waals surface area contributed by atoms with Crippen molar-refractivity contribution in [3.05, 3.63) is 59.9 Å². The molecule has 1 fully saturated rings. The van der Waals surface area contributed by atoms with E-state index in [1.54, 1.807) is 17.3 Å². The highest BCUT2D eigenvalue weighted by atomic mass is 16.2. The lowest BCUT2D eigenvalue weighted by Gasteiger charge is -2.20. The van der Waals surface area contributed by atoms with Crippen LogP contribution in [0.1, 0.15) is 17.5 Å². The van der Waals surface area contributed by atoms with Crippen molar-refractivity contribution in [1.29, 1.82) is 0 Å². The van der Waals surface area contributed by atoms with Crippen molar-refractivity contribution in [3.63, 3.8) is 0 Å². The maximum absolute atomic E-state index is 12.5. The average Bonchev–Trinajstić information content (AvgIpc) is 3.27. The molecule has 2 aliphatic rings. The highest BCUT2D eigenvalue weighted by molar-refractivity contribution is 5.89. The second-order valence-corrected chi connectivity index (χ2v) is 7.19. The molecule has 0 bridgehead atoms. The van der Waals surface area contributed by atoms with Crippen molar-refractivity contribution in [2.24, 2.45) is 5.92 Å². The fraction of sp³-hybridized carbons (Fsp3) is 0.381. The molecule has 4 rings (SSSR count). The molecule has 3 heterocycles. The van der Waals surface area contributed by atoms with Crippen molar-refractivity contribution < 1.29 is 9.59 Å². The molecule has 6 heteroatoms. The molecule has 2 amide bonds. The molecule has 1 unspecified atom stereocenters. The number of hydrogen-bond acceptors (Lipinski definition) is 4. The van der Waals surface area contributed by atoms with E-state index in [9.17, 15) is 9.59 Å². The Balaban J connectivity index is 1.25. The summed E-state index contributed by atoms with van der Waals surface area (Å²) in [4.78, 5) is 32.9. The van der Waals surface area contributed by atoms with Gasteiger partial charge < -0.3 is 15.1 Å². The monoisotopic (exact) mass is 364 g/mol. The summed E-state index contributed by atoms with van der Waals surface area (Å²) in [5.41, 5.74) is 3.63. The van der Waals surface area contributed by atoms with E-state index in [2.05, 4.69) is 39.5 Å². The highest BCUT2D eigenvalue weighted by Crippen LogP contribution is 2.26. The van der Waals surface area contributed by atoms with E-state index in [-0.39, 0.29) is 17.7 Å². The number of carbonyl (C=O) groups excluding carboxylic acids is 2. The topological polar surface area (TPSA) is 65.5 Å². The lowest BCUT2D eigenvalue weighted by molar-refractivity contribution is -0.129. The molecular weight excluding hydrogens is 340 g/mol. The van der Waals surface area contributed by atoms with Gasteiger partial charge in [0.25, 0.3) is 0 Å². The Labute approximate surface area is 159 Å².